The third-order valence-corrected chi connectivity index (χ3v) is 3.97. The second-order valence-corrected chi connectivity index (χ2v) is 5.56. The SMILES string of the molecule is Cc1cscc1CNCC(O)COc1cccc(C#N)c1. The highest BCUT2D eigenvalue weighted by atomic mass is 32.1. The maximum Gasteiger partial charge on any atom is 0.120 e. The Bertz CT molecular complexity index is 619. The van der Waals surface area contributed by atoms with Crippen LogP contribution < -0.4 is 10.1 Å². The lowest BCUT2D eigenvalue weighted by atomic mass is 10.2. The molecule has 0 fully saturated rings. The highest BCUT2D eigenvalue weighted by molar-refractivity contribution is 7.08. The fraction of sp³-hybridized carbons (Fsp3) is 0.312. The van der Waals surface area contributed by atoms with Crippen LogP contribution in [0.5, 0.6) is 5.75 Å². The smallest absolute Gasteiger partial charge is 0.120 e. The Morgan fingerprint density at radius 1 is 1.43 bits per heavy atom. The van der Waals surface area contributed by atoms with Crippen molar-refractivity contribution in [2.45, 2.75) is 19.6 Å². The lowest BCUT2D eigenvalue weighted by molar-refractivity contribution is 0.106. The van der Waals surface area contributed by atoms with Crippen LogP contribution in [0.2, 0.25) is 0 Å². The van der Waals surface area contributed by atoms with Crippen molar-refractivity contribution < 1.29 is 9.84 Å². The third kappa shape index (κ3) is 4.87. The first-order chi connectivity index (χ1) is 10.2. The molecule has 0 bridgehead atoms. The first-order valence-electron chi connectivity index (χ1n) is 6.72. The minimum Gasteiger partial charge on any atom is -0.491 e. The van der Waals surface area contributed by atoms with Crippen molar-refractivity contribution in [1.82, 2.24) is 5.32 Å². The number of ether oxygens (including phenoxy) is 1. The van der Waals surface area contributed by atoms with E-state index >= 15 is 0 Å². The number of aliphatic hydroxyl groups excluding tert-OH is 1. The molecule has 5 heteroatoms. The molecular weight excluding hydrogens is 284 g/mol. The summed E-state index contributed by atoms with van der Waals surface area (Å²) in [6.45, 7) is 3.49. The van der Waals surface area contributed by atoms with Gasteiger partial charge < -0.3 is 15.2 Å². The molecule has 0 aliphatic rings. The molecule has 2 rings (SSSR count). The van der Waals surface area contributed by atoms with Crippen molar-refractivity contribution in [3.8, 4) is 11.8 Å². The van der Waals surface area contributed by atoms with E-state index < -0.39 is 6.10 Å². The van der Waals surface area contributed by atoms with E-state index in [-0.39, 0.29) is 6.61 Å². The molecule has 4 nitrogen and oxygen atoms in total. The fourth-order valence-corrected chi connectivity index (χ4v) is 2.71. The topological polar surface area (TPSA) is 65.3 Å². The Labute approximate surface area is 128 Å². The van der Waals surface area contributed by atoms with Crippen LogP contribution in [0.4, 0.5) is 0 Å². The first-order valence-corrected chi connectivity index (χ1v) is 7.66. The van der Waals surface area contributed by atoms with E-state index in [9.17, 15) is 5.11 Å². The highest BCUT2D eigenvalue weighted by Gasteiger charge is 2.06. The van der Waals surface area contributed by atoms with Crippen LogP contribution in [0.25, 0.3) is 0 Å². The molecule has 1 aromatic heterocycles. The summed E-state index contributed by atoms with van der Waals surface area (Å²) in [6.07, 6.45) is -0.588. The van der Waals surface area contributed by atoms with E-state index in [1.165, 1.54) is 11.1 Å². The molecule has 2 N–H and O–H groups in total. The minimum absolute atomic E-state index is 0.199. The predicted molar refractivity (Wildman–Crippen MR) is 83.4 cm³/mol. The van der Waals surface area contributed by atoms with Crippen molar-refractivity contribution in [3.63, 3.8) is 0 Å². The van der Waals surface area contributed by atoms with Crippen LogP contribution in [0.3, 0.4) is 0 Å². The summed E-state index contributed by atoms with van der Waals surface area (Å²) in [4.78, 5) is 0. The number of thiophene rings is 1. The van der Waals surface area contributed by atoms with E-state index in [1.54, 1.807) is 35.6 Å². The van der Waals surface area contributed by atoms with Crippen molar-refractivity contribution >= 4 is 11.3 Å². The van der Waals surface area contributed by atoms with Crippen LogP contribution in [-0.2, 0) is 6.54 Å². The van der Waals surface area contributed by atoms with Crippen molar-refractivity contribution in [2.24, 2.45) is 0 Å². The van der Waals surface area contributed by atoms with Crippen molar-refractivity contribution in [2.75, 3.05) is 13.2 Å². The summed E-state index contributed by atoms with van der Waals surface area (Å²) >= 11 is 1.68. The zero-order valence-electron chi connectivity index (χ0n) is 11.9. The highest BCUT2D eigenvalue weighted by Crippen LogP contribution is 2.14. The van der Waals surface area contributed by atoms with Gasteiger partial charge in [-0.15, -0.1) is 0 Å². The number of nitrogens with one attached hydrogen (secondary N) is 1. The monoisotopic (exact) mass is 302 g/mol. The molecule has 1 heterocycles. The molecule has 0 radical (unpaired) electrons. The van der Waals surface area contributed by atoms with E-state index in [1.807, 2.05) is 0 Å². The van der Waals surface area contributed by atoms with Crippen LogP contribution in [0.15, 0.2) is 35.0 Å². The van der Waals surface area contributed by atoms with Gasteiger partial charge in [-0.25, -0.2) is 0 Å². The number of nitriles is 1. The Hall–Kier alpha value is -1.87. The zero-order valence-corrected chi connectivity index (χ0v) is 12.7. The molecule has 1 aromatic carbocycles. The van der Waals surface area contributed by atoms with Gasteiger partial charge in [-0.1, -0.05) is 6.07 Å². The van der Waals surface area contributed by atoms with E-state index in [0.717, 1.165) is 6.54 Å². The average molecular weight is 302 g/mol. The summed E-state index contributed by atoms with van der Waals surface area (Å²) in [5.41, 5.74) is 3.08. The minimum atomic E-state index is -0.588. The van der Waals surface area contributed by atoms with Gasteiger partial charge in [0.05, 0.1) is 11.6 Å². The number of aliphatic hydroxyl groups is 1. The predicted octanol–water partition coefficient (Wildman–Crippen LogP) is 2.46. The van der Waals surface area contributed by atoms with Gasteiger partial charge in [0.1, 0.15) is 18.5 Å². The van der Waals surface area contributed by atoms with Crippen LogP contribution in [0.1, 0.15) is 16.7 Å². The van der Waals surface area contributed by atoms with Gasteiger partial charge in [-0.2, -0.15) is 16.6 Å². The Kier molecular flexibility index (Phi) is 5.76. The first kappa shape index (κ1) is 15.5. The normalized spacial score (nSPS) is 11.9. The van der Waals surface area contributed by atoms with Gasteiger partial charge in [0.25, 0.3) is 0 Å². The molecule has 0 aliphatic carbocycles. The summed E-state index contributed by atoms with van der Waals surface area (Å²) in [7, 11) is 0. The Morgan fingerprint density at radius 3 is 3.00 bits per heavy atom. The number of benzene rings is 1. The number of rotatable bonds is 7. The fourth-order valence-electron chi connectivity index (χ4n) is 1.85. The Balaban J connectivity index is 1.71. The number of nitrogens with zero attached hydrogens (tertiary/aromatic N) is 1. The molecule has 1 unspecified atom stereocenters. The molecule has 0 aliphatic heterocycles. The summed E-state index contributed by atoms with van der Waals surface area (Å²) in [6, 6.07) is 8.97. The zero-order chi connectivity index (χ0) is 15.1. The summed E-state index contributed by atoms with van der Waals surface area (Å²) < 4.78 is 5.48. The van der Waals surface area contributed by atoms with Crippen molar-refractivity contribution in [1.29, 1.82) is 5.26 Å². The standard InChI is InChI=1S/C16H18N2O2S/c1-12-10-21-11-14(12)7-18-8-15(19)9-20-16-4-2-3-13(5-16)6-17/h2-5,10-11,15,18-19H,7-9H2,1H3. The Morgan fingerprint density at radius 2 is 2.29 bits per heavy atom. The number of aryl methyl sites for hydroxylation is 1. The molecule has 1 atom stereocenters. The van der Waals surface area contributed by atoms with E-state index in [0.29, 0.717) is 17.9 Å². The van der Waals surface area contributed by atoms with Gasteiger partial charge in [-0.3, -0.25) is 0 Å². The lowest BCUT2D eigenvalue weighted by Crippen LogP contribution is -2.31. The van der Waals surface area contributed by atoms with Crippen LogP contribution in [0, 0.1) is 18.3 Å². The van der Waals surface area contributed by atoms with Gasteiger partial charge in [0.2, 0.25) is 0 Å². The van der Waals surface area contributed by atoms with E-state index in [4.69, 9.17) is 10.00 Å². The van der Waals surface area contributed by atoms with E-state index in [2.05, 4.69) is 29.1 Å². The quantitative estimate of drug-likeness (QED) is 0.824. The summed E-state index contributed by atoms with van der Waals surface area (Å²) in [5.74, 6) is 0.599. The molecule has 21 heavy (non-hydrogen) atoms. The van der Waals surface area contributed by atoms with Crippen LogP contribution in [-0.4, -0.2) is 24.4 Å². The third-order valence-electron chi connectivity index (χ3n) is 3.06. The molecular formula is C16H18N2O2S. The average Bonchev–Trinajstić information content (AvgIpc) is 2.91. The van der Waals surface area contributed by atoms with Gasteiger partial charge in [0.15, 0.2) is 0 Å². The molecule has 2 aromatic rings. The number of hydrogen-bond acceptors (Lipinski definition) is 5. The molecule has 110 valence electrons. The largest absolute Gasteiger partial charge is 0.491 e. The lowest BCUT2D eigenvalue weighted by Gasteiger charge is -2.13. The molecule has 0 spiro atoms. The van der Waals surface area contributed by atoms with Crippen molar-refractivity contribution in [3.05, 3.63) is 51.7 Å². The molecule has 0 saturated carbocycles. The maximum atomic E-state index is 9.89. The van der Waals surface area contributed by atoms with Crippen LogP contribution >= 0.6 is 11.3 Å². The second kappa shape index (κ2) is 7.79. The summed E-state index contributed by atoms with van der Waals surface area (Å²) in [5, 5.41) is 26.1. The van der Waals surface area contributed by atoms with Gasteiger partial charge in [-0.05, 0) is 47.0 Å². The second-order valence-electron chi connectivity index (χ2n) is 4.82. The maximum absolute atomic E-state index is 9.89. The molecule has 0 saturated heterocycles. The van der Waals surface area contributed by atoms with Gasteiger partial charge in [0, 0.05) is 13.1 Å². The molecule has 0 amide bonds. The number of hydrogen-bond donors (Lipinski definition) is 2. The van der Waals surface area contributed by atoms with Gasteiger partial charge >= 0.3 is 0 Å².